The van der Waals surface area contributed by atoms with Gasteiger partial charge in [0.05, 0.1) is 25.8 Å². The molecule has 1 aliphatic rings. The molecular weight excluding hydrogens is 479 g/mol. The van der Waals surface area contributed by atoms with Crippen molar-refractivity contribution >= 4 is 23.1 Å². The fourth-order valence-corrected chi connectivity index (χ4v) is 4.02. The van der Waals surface area contributed by atoms with Crippen molar-refractivity contribution in [2.45, 2.75) is 12.4 Å². The third kappa shape index (κ3) is 4.70. The zero-order chi connectivity index (χ0) is 26.0. The molecule has 3 aromatic carbocycles. The van der Waals surface area contributed by atoms with Crippen LogP contribution in [0.4, 0.5) is 18.9 Å². The quantitative estimate of drug-likeness (QED) is 0.284. The lowest BCUT2D eigenvalue weighted by atomic mass is 9.95. The van der Waals surface area contributed by atoms with Gasteiger partial charge in [0.2, 0.25) is 0 Å². The fourth-order valence-electron chi connectivity index (χ4n) is 4.02. The maximum Gasteiger partial charge on any atom is 0.573 e. The molecule has 0 aliphatic carbocycles. The zero-order valence-corrected chi connectivity index (χ0v) is 19.1. The number of methoxy groups -OCH3 is 2. The number of aliphatic hydroxyl groups is 1. The summed E-state index contributed by atoms with van der Waals surface area (Å²) in [5.41, 5.74) is 0.390. The predicted molar refractivity (Wildman–Crippen MR) is 124 cm³/mol. The molecule has 186 valence electrons. The van der Waals surface area contributed by atoms with Crippen LogP contribution in [0.25, 0.3) is 5.76 Å². The highest BCUT2D eigenvalue weighted by molar-refractivity contribution is 6.51. The Labute approximate surface area is 203 Å². The van der Waals surface area contributed by atoms with Gasteiger partial charge in [-0.05, 0) is 35.9 Å². The molecule has 10 heteroatoms. The molecule has 7 nitrogen and oxygen atoms in total. The van der Waals surface area contributed by atoms with E-state index in [9.17, 15) is 27.9 Å². The van der Waals surface area contributed by atoms with Crippen molar-refractivity contribution < 1.29 is 42.1 Å². The molecule has 0 bridgehead atoms. The van der Waals surface area contributed by atoms with Gasteiger partial charge < -0.3 is 19.3 Å². The summed E-state index contributed by atoms with van der Waals surface area (Å²) in [6, 6.07) is 16.4. The normalized spacial score (nSPS) is 17.2. The van der Waals surface area contributed by atoms with E-state index in [2.05, 4.69) is 4.74 Å². The largest absolute Gasteiger partial charge is 0.573 e. The number of ketones is 1. The number of hydrogen-bond acceptors (Lipinski definition) is 6. The minimum absolute atomic E-state index is 0.0148. The Morgan fingerprint density at radius 1 is 0.889 bits per heavy atom. The third-order valence-electron chi connectivity index (χ3n) is 5.55. The Hall–Kier alpha value is -4.47. The van der Waals surface area contributed by atoms with Crippen molar-refractivity contribution in [3.63, 3.8) is 0 Å². The topological polar surface area (TPSA) is 85.3 Å². The summed E-state index contributed by atoms with van der Waals surface area (Å²) in [6.45, 7) is 0. The van der Waals surface area contributed by atoms with E-state index in [1.165, 1.54) is 44.6 Å². The van der Waals surface area contributed by atoms with Gasteiger partial charge in [0.1, 0.15) is 11.5 Å². The average Bonchev–Trinajstić information content (AvgIpc) is 3.13. The Balaban J connectivity index is 1.89. The first-order valence-electron chi connectivity index (χ1n) is 10.6. The maximum atomic E-state index is 13.2. The number of nitrogens with zero attached hydrogens (tertiary/aromatic N) is 1. The molecule has 1 atom stereocenters. The molecule has 1 saturated heterocycles. The summed E-state index contributed by atoms with van der Waals surface area (Å²) in [4.78, 5) is 27.4. The first kappa shape index (κ1) is 24.6. The second kappa shape index (κ2) is 9.65. The van der Waals surface area contributed by atoms with Crippen LogP contribution in [0.15, 0.2) is 78.4 Å². The summed E-state index contributed by atoms with van der Waals surface area (Å²) < 4.78 is 52.8. The van der Waals surface area contributed by atoms with Crippen LogP contribution in [0, 0.1) is 0 Å². The van der Waals surface area contributed by atoms with Crippen LogP contribution in [-0.2, 0) is 9.59 Å². The molecule has 0 radical (unpaired) electrons. The van der Waals surface area contributed by atoms with Gasteiger partial charge in [-0.25, -0.2) is 0 Å². The van der Waals surface area contributed by atoms with E-state index in [4.69, 9.17) is 9.47 Å². The van der Waals surface area contributed by atoms with E-state index in [0.29, 0.717) is 11.3 Å². The smallest absolute Gasteiger partial charge is 0.507 e. The first-order valence-corrected chi connectivity index (χ1v) is 10.6. The number of Topliss-reactive ketones (excluding diaryl/α,β-unsaturated/α-hetero) is 1. The van der Waals surface area contributed by atoms with Gasteiger partial charge in [-0.3, -0.25) is 14.5 Å². The molecule has 0 spiro atoms. The molecule has 1 amide bonds. The van der Waals surface area contributed by atoms with Crippen LogP contribution in [0.2, 0.25) is 0 Å². The monoisotopic (exact) mass is 499 g/mol. The van der Waals surface area contributed by atoms with Gasteiger partial charge >= 0.3 is 6.36 Å². The number of alkyl halides is 3. The molecule has 1 fully saturated rings. The van der Waals surface area contributed by atoms with Crippen LogP contribution in [0.1, 0.15) is 17.2 Å². The van der Waals surface area contributed by atoms with E-state index in [0.717, 1.165) is 17.0 Å². The molecular formula is C26H20F3NO6. The second-order valence-corrected chi connectivity index (χ2v) is 7.69. The van der Waals surface area contributed by atoms with Crippen LogP contribution >= 0.6 is 0 Å². The molecule has 36 heavy (non-hydrogen) atoms. The molecule has 1 N–H and O–H groups in total. The van der Waals surface area contributed by atoms with E-state index in [1.54, 1.807) is 30.3 Å². The molecule has 1 heterocycles. The Kier molecular flexibility index (Phi) is 6.61. The van der Waals surface area contributed by atoms with Crippen molar-refractivity contribution in [3.05, 3.63) is 89.5 Å². The fraction of sp³-hybridized carbons (Fsp3) is 0.154. The minimum Gasteiger partial charge on any atom is -0.507 e. The number of benzene rings is 3. The lowest BCUT2D eigenvalue weighted by Gasteiger charge is -2.26. The number of ether oxygens (including phenoxy) is 3. The van der Waals surface area contributed by atoms with Crippen molar-refractivity contribution in [1.29, 1.82) is 0 Å². The minimum atomic E-state index is -4.95. The number of anilines is 1. The lowest BCUT2D eigenvalue weighted by molar-refractivity contribution is -0.274. The Morgan fingerprint density at radius 2 is 1.58 bits per heavy atom. The third-order valence-corrected chi connectivity index (χ3v) is 5.55. The van der Waals surface area contributed by atoms with Gasteiger partial charge in [0, 0.05) is 17.3 Å². The lowest BCUT2D eigenvalue weighted by Crippen LogP contribution is -2.29. The summed E-state index contributed by atoms with van der Waals surface area (Å²) in [5, 5.41) is 11.2. The second-order valence-electron chi connectivity index (χ2n) is 7.69. The summed E-state index contributed by atoms with van der Waals surface area (Å²) >= 11 is 0. The molecule has 3 aromatic rings. The van der Waals surface area contributed by atoms with E-state index in [-0.39, 0.29) is 22.6 Å². The highest BCUT2D eigenvalue weighted by Gasteiger charge is 2.47. The number of halogens is 3. The highest BCUT2D eigenvalue weighted by Crippen LogP contribution is 2.43. The number of amides is 1. The van der Waals surface area contributed by atoms with Crippen LogP contribution in [-0.4, -0.2) is 37.4 Å². The van der Waals surface area contributed by atoms with Gasteiger partial charge in [0.25, 0.3) is 11.7 Å². The number of aliphatic hydroxyl groups excluding tert-OH is 1. The summed E-state index contributed by atoms with van der Waals surface area (Å²) in [6.07, 6.45) is -4.95. The van der Waals surface area contributed by atoms with E-state index in [1.807, 2.05) is 0 Å². The number of carbonyl (C=O) groups excluding carboxylic acids is 2. The predicted octanol–water partition coefficient (Wildman–Crippen LogP) is 5.23. The van der Waals surface area contributed by atoms with Crippen molar-refractivity contribution in [1.82, 2.24) is 0 Å². The molecule has 0 aromatic heterocycles. The van der Waals surface area contributed by atoms with Crippen LogP contribution < -0.4 is 19.1 Å². The molecule has 1 aliphatic heterocycles. The molecule has 0 saturated carbocycles. The average molecular weight is 499 g/mol. The maximum absolute atomic E-state index is 13.2. The van der Waals surface area contributed by atoms with E-state index >= 15 is 0 Å². The summed E-state index contributed by atoms with van der Waals surface area (Å²) in [5.74, 6) is -2.39. The number of carbonyl (C=O) groups is 2. The van der Waals surface area contributed by atoms with Gasteiger partial charge in [-0.1, -0.05) is 36.4 Å². The van der Waals surface area contributed by atoms with Gasteiger partial charge in [-0.15, -0.1) is 13.2 Å². The van der Waals surface area contributed by atoms with Crippen molar-refractivity contribution in [3.8, 4) is 17.2 Å². The highest BCUT2D eigenvalue weighted by atomic mass is 19.4. The number of hydrogen-bond donors (Lipinski definition) is 1. The Morgan fingerprint density at radius 3 is 2.22 bits per heavy atom. The Bertz CT molecular complexity index is 1340. The number of rotatable bonds is 6. The summed E-state index contributed by atoms with van der Waals surface area (Å²) in [7, 11) is 2.84. The first-order chi connectivity index (χ1) is 17.1. The zero-order valence-electron chi connectivity index (χ0n) is 19.1. The van der Waals surface area contributed by atoms with Crippen molar-refractivity contribution in [2.24, 2.45) is 0 Å². The van der Waals surface area contributed by atoms with Crippen molar-refractivity contribution in [2.75, 3.05) is 19.1 Å². The molecule has 1 unspecified atom stereocenters. The SMILES string of the molecule is COc1ccc(/C(O)=C2\C(=O)C(=O)N(c3cccc(OC(F)(F)F)c3)C2c2ccccc2)cc1OC. The van der Waals surface area contributed by atoms with Gasteiger partial charge in [0.15, 0.2) is 11.5 Å². The van der Waals surface area contributed by atoms with Crippen LogP contribution in [0.3, 0.4) is 0 Å². The standard InChI is InChI=1S/C26H20F3NO6/c1-34-19-12-11-16(13-20(19)35-2)23(31)21-22(15-7-4-3-5-8-15)30(25(33)24(21)32)17-9-6-10-18(14-17)36-26(27,28)29/h3-14,22,31H,1-2H3/b23-21+. The van der Waals surface area contributed by atoms with E-state index < -0.39 is 35.6 Å². The molecule has 4 rings (SSSR count). The van der Waals surface area contributed by atoms with Crippen LogP contribution in [0.5, 0.6) is 17.2 Å². The van der Waals surface area contributed by atoms with Gasteiger partial charge in [-0.2, -0.15) is 0 Å².